The van der Waals surface area contributed by atoms with Crippen molar-refractivity contribution in [3.8, 4) is 0 Å². The number of hydrogen-bond acceptors (Lipinski definition) is 3. The normalized spacial score (nSPS) is 26.1. The first-order chi connectivity index (χ1) is 10.4. The molecule has 1 heterocycles. The van der Waals surface area contributed by atoms with E-state index in [9.17, 15) is 18.4 Å². The summed E-state index contributed by atoms with van der Waals surface area (Å²) in [5.74, 6) is -1.62. The third-order valence-corrected chi connectivity index (χ3v) is 4.80. The summed E-state index contributed by atoms with van der Waals surface area (Å²) in [4.78, 5) is 25.3. The van der Waals surface area contributed by atoms with E-state index in [-0.39, 0.29) is 41.7 Å². The van der Waals surface area contributed by atoms with Crippen molar-refractivity contribution in [1.82, 2.24) is 4.90 Å². The topological polar surface area (TPSA) is 46.6 Å². The smallest absolute Gasteiger partial charge is 0.325 e. The number of amides is 1. The number of alkyl halides is 1. The van der Waals surface area contributed by atoms with E-state index in [0.717, 1.165) is 0 Å². The maximum Gasteiger partial charge on any atom is 0.325 e. The molecule has 4 nitrogen and oxygen atoms in total. The highest BCUT2D eigenvalue weighted by Crippen LogP contribution is 2.55. The second kappa shape index (κ2) is 5.30. The Morgan fingerprint density at radius 2 is 2.23 bits per heavy atom. The Hall–Kier alpha value is -1.50. The van der Waals surface area contributed by atoms with Gasteiger partial charge in [0.05, 0.1) is 16.5 Å². The molecule has 0 aromatic heterocycles. The standard InChI is InChI=1S/C15H14BrF2NO3/c1-2-22-11(20)6-19-7-15(5-10(15)17)12-8(14(19)21)3-4-9(16)13(12)18/h3-4,10H,2,5-7H2,1H3/t10-,15+/m1/s1. The van der Waals surface area contributed by atoms with Crippen LogP contribution in [-0.2, 0) is 14.9 Å². The largest absolute Gasteiger partial charge is 0.465 e. The van der Waals surface area contributed by atoms with Gasteiger partial charge in [-0.05, 0) is 41.4 Å². The van der Waals surface area contributed by atoms with E-state index in [4.69, 9.17) is 4.74 Å². The van der Waals surface area contributed by atoms with Crippen molar-refractivity contribution < 1.29 is 23.1 Å². The van der Waals surface area contributed by atoms with E-state index >= 15 is 0 Å². The van der Waals surface area contributed by atoms with Gasteiger partial charge in [0.25, 0.3) is 5.91 Å². The molecule has 0 saturated heterocycles. The molecule has 1 amide bonds. The first kappa shape index (κ1) is 15.4. The molecular weight excluding hydrogens is 360 g/mol. The van der Waals surface area contributed by atoms with Gasteiger partial charge in [-0.15, -0.1) is 0 Å². The summed E-state index contributed by atoms with van der Waals surface area (Å²) in [6, 6.07) is 2.89. The lowest BCUT2D eigenvalue weighted by Crippen LogP contribution is -2.47. The molecule has 1 fully saturated rings. The molecule has 3 rings (SSSR count). The molecule has 1 aromatic rings. The van der Waals surface area contributed by atoms with Crippen LogP contribution in [0.1, 0.15) is 29.3 Å². The molecule has 1 spiro atoms. The Bertz CT molecular complexity index is 666. The van der Waals surface area contributed by atoms with E-state index in [0.29, 0.717) is 0 Å². The summed E-state index contributed by atoms with van der Waals surface area (Å²) >= 11 is 3.07. The van der Waals surface area contributed by atoms with Crippen LogP contribution < -0.4 is 0 Å². The summed E-state index contributed by atoms with van der Waals surface area (Å²) in [7, 11) is 0. The van der Waals surface area contributed by atoms with Crippen LogP contribution in [0, 0.1) is 5.82 Å². The first-order valence-corrected chi connectivity index (χ1v) is 7.77. The summed E-state index contributed by atoms with van der Waals surface area (Å²) < 4.78 is 33.4. The maximum atomic E-state index is 14.4. The number of rotatable bonds is 3. The zero-order valence-electron chi connectivity index (χ0n) is 11.9. The lowest BCUT2D eigenvalue weighted by molar-refractivity contribution is -0.144. The van der Waals surface area contributed by atoms with Gasteiger partial charge in [-0.2, -0.15) is 0 Å². The van der Waals surface area contributed by atoms with Crippen molar-refractivity contribution in [3.63, 3.8) is 0 Å². The number of halogens is 3. The molecule has 2 aliphatic rings. The van der Waals surface area contributed by atoms with Gasteiger partial charge in [0.15, 0.2) is 0 Å². The Kier molecular flexibility index (Phi) is 3.71. The Balaban J connectivity index is 2.00. The highest BCUT2D eigenvalue weighted by atomic mass is 79.9. The fourth-order valence-corrected chi connectivity index (χ4v) is 3.38. The van der Waals surface area contributed by atoms with Gasteiger partial charge >= 0.3 is 5.97 Å². The van der Waals surface area contributed by atoms with Crippen LogP contribution in [0.5, 0.6) is 0 Å². The minimum Gasteiger partial charge on any atom is -0.465 e. The lowest BCUT2D eigenvalue weighted by Gasteiger charge is -2.34. The van der Waals surface area contributed by atoms with Crippen LogP contribution in [0.15, 0.2) is 16.6 Å². The summed E-state index contributed by atoms with van der Waals surface area (Å²) in [5, 5.41) is 0. The lowest BCUT2D eigenvalue weighted by atomic mass is 9.85. The quantitative estimate of drug-likeness (QED) is 0.765. The summed E-state index contributed by atoms with van der Waals surface area (Å²) in [6.07, 6.45) is -1.06. The summed E-state index contributed by atoms with van der Waals surface area (Å²) in [5.41, 5.74) is -0.792. The van der Waals surface area contributed by atoms with Crippen molar-refractivity contribution >= 4 is 27.8 Å². The first-order valence-electron chi connectivity index (χ1n) is 6.98. The fraction of sp³-hybridized carbons (Fsp3) is 0.467. The van der Waals surface area contributed by atoms with E-state index < -0.39 is 29.3 Å². The Morgan fingerprint density at radius 1 is 1.55 bits per heavy atom. The van der Waals surface area contributed by atoms with Gasteiger partial charge in [0.1, 0.15) is 18.5 Å². The number of hydrogen-bond donors (Lipinski definition) is 0. The third kappa shape index (κ3) is 2.22. The molecule has 7 heteroatoms. The van der Waals surface area contributed by atoms with Crippen LogP contribution in [0.4, 0.5) is 8.78 Å². The number of nitrogens with zero attached hydrogens (tertiary/aromatic N) is 1. The second-order valence-electron chi connectivity index (χ2n) is 5.58. The SMILES string of the molecule is CCOC(=O)CN1C[C@]2(C[C@H]2F)c2c(ccc(Br)c2F)C1=O. The summed E-state index contributed by atoms with van der Waals surface area (Å²) in [6.45, 7) is 1.61. The average molecular weight is 374 g/mol. The third-order valence-electron chi connectivity index (χ3n) is 4.19. The average Bonchev–Trinajstić information content (AvgIpc) is 3.09. The number of esters is 1. The molecule has 0 bridgehead atoms. The molecule has 1 saturated carbocycles. The molecule has 0 N–H and O–H groups in total. The second-order valence-corrected chi connectivity index (χ2v) is 6.43. The number of fused-ring (bicyclic) bond motifs is 2. The van der Waals surface area contributed by atoms with Crippen molar-refractivity contribution in [1.29, 1.82) is 0 Å². The van der Waals surface area contributed by atoms with Crippen molar-refractivity contribution in [2.24, 2.45) is 0 Å². The highest BCUT2D eigenvalue weighted by molar-refractivity contribution is 9.10. The molecular formula is C15H14BrF2NO3. The fourth-order valence-electron chi connectivity index (χ4n) is 3.05. The van der Waals surface area contributed by atoms with E-state index in [1.54, 1.807) is 6.92 Å². The zero-order chi connectivity index (χ0) is 16.1. The van der Waals surface area contributed by atoms with Gasteiger partial charge in [0, 0.05) is 17.7 Å². The van der Waals surface area contributed by atoms with Crippen LogP contribution in [-0.4, -0.2) is 42.6 Å². The minimum absolute atomic E-state index is 0.00775. The minimum atomic E-state index is -1.21. The van der Waals surface area contributed by atoms with Crippen molar-refractivity contribution in [3.05, 3.63) is 33.5 Å². The molecule has 0 unspecified atom stereocenters. The molecule has 0 radical (unpaired) electrons. The van der Waals surface area contributed by atoms with Gasteiger partial charge in [0.2, 0.25) is 0 Å². The predicted octanol–water partition coefficient (Wildman–Crippen LogP) is 2.59. The van der Waals surface area contributed by atoms with Crippen LogP contribution in [0.2, 0.25) is 0 Å². The van der Waals surface area contributed by atoms with Gasteiger partial charge < -0.3 is 9.64 Å². The maximum absolute atomic E-state index is 14.4. The molecule has 22 heavy (non-hydrogen) atoms. The predicted molar refractivity (Wildman–Crippen MR) is 77.8 cm³/mol. The number of carbonyl (C=O) groups excluding carboxylic acids is 2. The van der Waals surface area contributed by atoms with Gasteiger partial charge in [-0.25, -0.2) is 8.78 Å². The molecule has 118 valence electrons. The van der Waals surface area contributed by atoms with Gasteiger partial charge in [-0.3, -0.25) is 9.59 Å². The Labute approximate surface area is 134 Å². The number of carbonyl (C=O) groups is 2. The molecule has 1 aromatic carbocycles. The van der Waals surface area contributed by atoms with Crippen LogP contribution >= 0.6 is 15.9 Å². The zero-order valence-corrected chi connectivity index (χ0v) is 13.5. The molecule has 1 aliphatic heterocycles. The monoisotopic (exact) mass is 373 g/mol. The number of benzene rings is 1. The van der Waals surface area contributed by atoms with E-state index in [1.165, 1.54) is 17.0 Å². The van der Waals surface area contributed by atoms with Crippen molar-refractivity contribution in [2.45, 2.75) is 24.9 Å². The van der Waals surface area contributed by atoms with Crippen LogP contribution in [0.25, 0.3) is 0 Å². The van der Waals surface area contributed by atoms with E-state index in [1.807, 2.05) is 0 Å². The molecule has 2 atom stereocenters. The highest BCUT2D eigenvalue weighted by Gasteiger charge is 2.62. The Morgan fingerprint density at radius 3 is 2.82 bits per heavy atom. The van der Waals surface area contributed by atoms with E-state index in [2.05, 4.69) is 15.9 Å². The van der Waals surface area contributed by atoms with Gasteiger partial charge in [-0.1, -0.05) is 0 Å². The molecule has 1 aliphatic carbocycles. The number of ether oxygens (including phenoxy) is 1. The van der Waals surface area contributed by atoms with Crippen molar-refractivity contribution in [2.75, 3.05) is 19.7 Å². The van der Waals surface area contributed by atoms with Crippen LogP contribution in [0.3, 0.4) is 0 Å².